The molecule has 1 amide bonds. The van der Waals surface area contributed by atoms with Gasteiger partial charge in [-0.2, -0.15) is 0 Å². The Morgan fingerprint density at radius 2 is 2.00 bits per heavy atom. The molecular weight excluding hydrogens is 226 g/mol. The van der Waals surface area contributed by atoms with Crippen LogP contribution in [0.1, 0.15) is 32.1 Å². The molecule has 0 saturated carbocycles. The van der Waals surface area contributed by atoms with Crippen molar-refractivity contribution in [3.8, 4) is 0 Å². The minimum atomic E-state index is 0.245. The van der Waals surface area contributed by atoms with Crippen LogP contribution in [-0.2, 0) is 4.79 Å². The van der Waals surface area contributed by atoms with Crippen molar-refractivity contribution in [1.29, 1.82) is 0 Å². The highest BCUT2D eigenvalue weighted by Crippen LogP contribution is 2.25. The van der Waals surface area contributed by atoms with Gasteiger partial charge in [-0.3, -0.25) is 4.79 Å². The summed E-state index contributed by atoms with van der Waals surface area (Å²) in [5.74, 6) is 1.11. The number of nitrogens with one attached hydrogen (secondary N) is 1. The van der Waals surface area contributed by atoms with Crippen LogP contribution in [0.2, 0.25) is 0 Å². The molecule has 104 valence electrons. The Labute approximate surface area is 111 Å². The van der Waals surface area contributed by atoms with Crippen molar-refractivity contribution in [3.63, 3.8) is 0 Å². The van der Waals surface area contributed by atoms with Crippen LogP contribution in [0.25, 0.3) is 0 Å². The van der Waals surface area contributed by atoms with E-state index in [-0.39, 0.29) is 5.91 Å². The van der Waals surface area contributed by atoms with Crippen LogP contribution in [0.5, 0.6) is 0 Å². The molecule has 0 aliphatic carbocycles. The van der Waals surface area contributed by atoms with Crippen LogP contribution >= 0.6 is 0 Å². The van der Waals surface area contributed by atoms with Gasteiger partial charge < -0.3 is 15.1 Å². The van der Waals surface area contributed by atoms with Gasteiger partial charge in [0, 0.05) is 33.1 Å². The quantitative estimate of drug-likeness (QED) is 0.809. The molecule has 0 aromatic rings. The van der Waals surface area contributed by atoms with Gasteiger partial charge in [-0.15, -0.1) is 0 Å². The minimum absolute atomic E-state index is 0.245. The van der Waals surface area contributed by atoms with E-state index >= 15 is 0 Å². The predicted octanol–water partition coefficient (Wildman–Crippen LogP) is 0.929. The third-order valence-corrected chi connectivity index (χ3v) is 4.44. The summed E-state index contributed by atoms with van der Waals surface area (Å²) in [4.78, 5) is 15.7. The van der Waals surface area contributed by atoms with Crippen LogP contribution in [-0.4, -0.2) is 62.0 Å². The van der Waals surface area contributed by atoms with Crippen molar-refractivity contribution in [2.45, 2.75) is 38.1 Å². The molecule has 1 N–H and O–H groups in total. The number of nitrogens with zero attached hydrogens (tertiary/aromatic N) is 2. The van der Waals surface area contributed by atoms with Crippen LogP contribution < -0.4 is 5.32 Å². The van der Waals surface area contributed by atoms with Crippen molar-refractivity contribution >= 4 is 5.91 Å². The molecular formula is C14H27N3O. The second-order valence-electron chi connectivity index (χ2n) is 5.92. The first-order valence-corrected chi connectivity index (χ1v) is 7.32. The SMILES string of the molecule is CN(C)C(=O)CCN1CCC(C2CCCN2)CC1. The highest BCUT2D eigenvalue weighted by molar-refractivity contribution is 5.75. The van der Waals surface area contributed by atoms with Crippen LogP contribution in [0, 0.1) is 5.92 Å². The van der Waals surface area contributed by atoms with Gasteiger partial charge in [0.2, 0.25) is 5.91 Å². The zero-order chi connectivity index (χ0) is 13.0. The summed E-state index contributed by atoms with van der Waals surface area (Å²) < 4.78 is 0. The van der Waals surface area contributed by atoms with Gasteiger partial charge in [0.25, 0.3) is 0 Å². The molecule has 0 bridgehead atoms. The van der Waals surface area contributed by atoms with Crippen molar-refractivity contribution in [2.24, 2.45) is 5.92 Å². The van der Waals surface area contributed by atoms with Crippen LogP contribution in [0.3, 0.4) is 0 Å². The first kappa shape index (κ1) is 13.8. The Bertz CT molecular complexity index is 266. The predicted molar refractivity (Wildman–Crippen MR) is 73.5 cm³/mol. The van der Waals surface area contributed by atoms with Gasteiger partial charge in [-0.1, -0.05) is 0 Å². The Balaban J connectivity index is 1.65. The lowest BCUT2D eigenvalue weighted by Crippen LogP contribution is -2.41. The molecule has 2 rings (SSSR count). The second-order valence-corrected chi connectivity index (χ2v) is 5.92. The molecule has 4 nitrogen and oxygen atoms in total. The van der Waals surface area contributed by atoms with E-state index in [9.17, 15) is 4.79 Å². The maximum absolute atomic E-state index is 11.5. The van der Waals surface area contributed by atoms with Gasteiger partial charge >= 0.3 is 0 Å². The second kappa shape index (κ2) is 6.53. The first-order valence-electron chi connectivity index (χ1n) is 7.32. The van der Waals surface area contributed by atoms with Gasteiger partial charge in [-0.25, -0.2) is 0 Å². The zero-order valence-corrected chi connectivity index (χ0v) is 11.8. The van der Waals surface area contributed by atoms with E-state index in [1.54, 1.807) is 4.90 Å². The van der Waals surface area contributed by atoms with E-state index in [2.05, 4.69) is 10.2 Å². The fourth-order valence-corrected chi connectivity index (χ4v) is 3.17. The third-order valence-electron chi connectivity index (χ3n) is 4.44. The smallest absolute Gasteiger partial charge is 0.223 e. The number of carbonyl (C=O) groups is 1. The van der Waals surface area contributed by atoms with Crippen molar-refractivity contribution in [1.82, 2.24) is 15.1 Å². The number of piperidine rings is 1. The largest absolute Gasteiger partial charge is 0.349 e. The summed E-state index contributed by atoms with van der Waals surface area (Å²) in [5.41, 5.74) is 0. The standard InChI is InChI=1S/C14H27N3O/c1-16(2)14(18)7-11-17-9-5-12(6-10-17)13-4-3-8-15-13/h12-13,15H,3-11H2,1-2H3. The third kappa shape index (κ3) is 3.69. The molecule has 0 aromatic carbocycles. The summed E-state index contributed by atoms with van der Waals surface area (Å²) in [7, 11) is 3.67. The van der Waals surface area contributed by atoms with Crippen LogP contribution in [0.15, 0.2) is 0 Å². The molecule has 4 heteroatoms. The van der Waals surface area contributed by atoms with E-state index in [0.717, 1.165) is 18.5 Å². The van der Waals surface area contributed by atoms with E-state index in [1.165, 1.54) is 45.3 Å². The highest BCUT2D eigenvalue weighted by atomic mass is 16.2. The van der Waals surface area contributed by atoms with Crippen LogP contribution in [0.4, 0.5) is 0 Å². The zero-order valence-electron chi connectivity index (χ0n) is 11.8. The summed E-state index contributed by atoms with van der Waals surface area (Å²) in [6.07, 6.45) is 5.98. The van der Waals surface area contributed by atoms with Gasteiger partial charge in [0.05, 0.1) is 0 Å². The number of hydrogen-bond acceptors (Lipinski definition) is 3. The monoisotopic (exact) mass is 253 g/mol. The molecule has 2 saturated heterocycles. The van der Waals surface area contributed by atoms with Crippen molar-refractivity contribution < 1.29 is 4.79 Å². The Morgan fingerprint density at radius 1 is 1.28 bits per heavy atom. The summed E-state index contributed by atoms with van der Waals surface area (Å²) in [6.45, 7) is 4.48. The lowest BCUT2D eigenvalue weighted by molar-refractivity contribution is -0.129. The number of carbonyl (C=O) groups excluding carboxylic acids is 1. The number of hydrogen-bond donors (Lipinski definition) is 1. The maximum atomic E-state index is 11.5. The molecule has 2 heterocycles. The van der Waals surface area contributed by atoms with E-state index in [4.69, 9.17) is 0 Å². The molecule has 2 fully saturated rings. The minimum Gasteiger partial charge on any atom is -0.349 e. The van der Waals surface area contributed by atoms with Crippen molar-refractivity contribution in [2.75, 3.05) is 40.3 Å². The number of amides is 1. The van der Waals surface area contributed by atoms with Gasteiger partial charge in [0.15, 0.2) is 0 Å². The van der Waals surface area contributed by atoms with E-state index < -0.39 is 0 Å². The number of likely N-dealkylation sites (tertiary alicyclic amines) is 1. The lowest BCUT2D eigenvalue weighted by atomic mass is 9.88. The Hall–Kier alpha value is -0.610. The van der Waals surface area contributed by atoms with E-state index in [1.807, 2.05) is 14.1 Å². The van der Waals surface area contributed by atoms with Gasteiger partial charge in [0.1, 0.15) is 0 Å². The summed E-state index contributed by atoms with van der Waals surface area (Å²) in [5, 5.41) is 3.63. The maximum Gasteiger partial charge on any atom is 0.223 e. The first-order chi connectivity index (χ1) is 8.66. The molecule has 18 heavy (non-hydrogen) atoms. The molecule has 1 unspecified atom stereocenters. The molecule has 0 aromatic heterocycles. The molecule has 0 spiro atoms. The average Bonchev–Trinajstić information content (AvgIpc) is 2.90. The van der Waals surface area contributed by atoms with Crippen molar-refractivity contribution in [3.05, 3.63) is 0 Å². The van der Waals surface area contributed by atoms with Gasteiger partial charge in [-0.05, 0) is 51.2 Å². The Morgan fingerprint density at radius 3 is 2.56 bits per heavy atom. The fraction of sp³-hybridized carbons (Fsp3) is 0.929. The molecule has 0 radical (unpaired) electrons. The Kier molecular flexibility index (Phi) is 5.01. The molecule has 2 aliphatic rings. The molecule has 2 aliphatic heterocycles. The summed E-state index contributed by atoms with van der Waals surface area (Å²) in [6, 6.07) is 0.774. The molecule has 1 atom stereocenters. The lowest BCUT2D eigenvalue weighted by Gasteiger charge is -2.34. The fourth-order valence-electron chi connectivity index (χ4n) is 3.17. The summed E-state index contributed by atoms with van der Waals surface area (Å²) >= 11 is 0. The topological polar surface area (TPSA) is 35.6 Å². The number of rotatable bonds is 4. The highest BCUT2D eigenvalue weighted by Gasteiger charge is 2.28. The normalized spacial score (nSPS) is 26.4. The van der Waals surface area contributed by atoms with E-state index in [0.29, 0.717) is 6.42 Å². The average molecular weight is 253 g/mol.